The fraction of sp³-hybridized carbons (Fsp3) is 0.526. The SMILES string of the molecule is COc1cc(F)cc(-c2noc(NC3CCC(N4CCCC4=O)CC3)n2)c1. The molecule has 27 heavy (non-hydrogen) atoms. The van der Waals surface area contributed by atoms with Crippen molar-refractivity contribution < 1.29 is 18.4 Å². The number of hydrogen-bond acceptors (Lipinski definition) is 6. The van der Waals surface area contributed by atoms with E-state index in [2.05, 4.69) is 15.5 Å². The minimum Gasteiger partial charge on any atom is -0.497 e. The zero-order valence-corrected chi connectivity index (χ0v) is 15.3. The second-order valence-corrected chi connectivity index (χ2v) is 7.14. The summed E-state index contributed by atoms with van der Waals surface area (Å²) in [7, 11) is 1.48. The maximum atomic E-state index is 13.7. The Hall–Kier alpha value is -2.64. The predicted molar refractivity (Wildman–Crippen MR) is 96.9 cm³/mol. The number of rotatable bonds is 5. The number of carbonyl (C=O) groups is 1. The molecule has 8 heteroatoms. The number of methoxy groups -OCH3 is 1. The van der Waals surface area contributed by atoms with E-state index in [1.165, 1.54) is 19.2 Å². The fourth-order valence-corrected chi connectivity index (χ4v) is 3.97. The predicted octanol–water partition coefficient (Wildman–Crippen LogP) is 3.23. The van der Waals surface area contributed by atoms with Crippen molar-refractivity contribution in [3.63, 3.8) is 0 Å². The average molecular weight is 374 g/mol. The van der Waals surface area contributed by atoms with Gasteiger partial charge in [0.2, 0.25) is 11.7 Å². The first-order chi connectivity index (χ1) is 13.1. The molecule has 1 aromatic heterocycles. The van der Waals surface area contributed by atoms with Gasteiger partial charge >= 0.3 is 6.01 Å². The number of carbonyl (C=O) groups excluding carboxylic acids is 1. The number of nitrogens with zero attached hydrogens (tertiary/aromatic N) is 3. The monoisotopic (exact) mass is 374 g/mol. The minimum atomic E-state index is -0.418. The van der Waals surface area contributed by atoms with Crippen LogP contribution < -0.4 is 10.1 Å². The lowest BCUT2D eigenvalue weighted by Crippen LogP contribution is -2.41. The number of anilines is 1. The van der Waals surface area contributed by atoms with Crippen LogP contribution in [-0.4, -0.2) is 46.7 Å². The maximum Gasteiger partial charge on any atom is 0.322 e. The number of aromatic nitrogens is 2. The maximum absolute atomic E-state index is 13.7. The molecule has 0 atom stereocenters. The third-order valence-electron chi connectivity index (χ3n) is 5.37. The number of hydrogen-bond donors (Lipinski definition) is 1. The molecule has 1 aliphatic heterocycles. The van der Waals surface area contributed by atoms with Crippen molar-refractivity contribution >= 4 is 11.9 Å². The molecule has 1 aliphatic carbocycles. The van der Waals surface area contributed by atoms with E-state index in [4.69, 9.17) is 9.26 Å². The van der Waals surface area contributed by atoms with Gasteiger partial charge in [-0.15, -0.1) is 0 Å². The number of nitrogens with one attached hydrogen (secondary N) is 1. The molecule has 4 rings (SSSR count). The quantitative estimate of drug-likeness (QED) is 0.865. The van der Waals surface area contributed by atoms with Gasteiger partial charge in [0, 0.05) is 36.7 Å². The summed E-state index contributed by atoms with van der Waals surface area (Å²) in [4.78, 5) is 18.3. The van der Waals surface area contributed by atoms with Gasteiger partial charge < -0.3 is 19.5 Å². The molecule has 0 bridgehead atoms. The summed E-state index contributed by atoms with van der Waals surface area (Å²) >= 11 is 0. The Labute approximate surface area is 156 Å². The van der Waals surface area contributed by atoms with Crippen molar-refractivity contribution in [3.8, 4) is 17.1 Å². The Morgan fingerprint density at radius 2 is 2.07 bits per heavy atom. The van der Waals surface area contributed by atoms with Crippen LogP contribution in [0.2, 0.25) is 0 Å². The molecule has 1 aromatic carbocycles. The van der Waals surface area contributed by atoms with Crippen molar-refractivity contribution in [2.75, 3.05) is 19.0 Å². The van der Waals surface area contributed by atoms with Crippen molar-refractivity contribution in [1.82, 2.24) is 15.0 Å². The molecule has 1 N–H and O–H groups in total. The lowest BCUT2D eigenvalue weighted by molar-refractivity contribution is -0.130. The highest BCUT2D eigenvalue weighted by atomic mass is 19.1. The van der Waals surface area contributed by atoms with Crippen LogP contribution in [0.4, 0.5) is 10.4 Å². The van der Waals surface area contributed by atoms with E-state index in [9.17, 15) is 9.18 Å². The molecule has 0 unspecified atom stereocenters. The molecule has 0 spiro atoms. The molecule has 1 saturated heterocycles. The van der Waals surface area contributed by atoms with E-state index < -0.39 is 5.82 Å². The number of amides is 1. The van der Waals surface area contributed by atoms with Crippen LogP contribution in [0.25, 0.3) is 11.4 Å². The van der Waals surface area contributed by atoms with Gasteiger partial charge in [-0.2, -0.15) is 4.98 Å². The highest BCUT2D eigenvalue weighted by Gasteiger charge is 2.31. The largest absolute Gasteiger partial charge is 0.497 e. The van der Waals surface area contributed by atoms with Gasteiger partial charge in [-0.1, -0.05) is 5.16 Å². The molecule has 1 amide bonds. The van der Waals surface area contributed by atoms with E-state index in [0.717, 1.165) is 38.6 Å². The molecule has 0 radical (unpaired) electrons. The zero-order valence-electron chi connectivity index (χ0n) is 15.3. The topological polar surface area (TPSA) is 80.5 Å². The molecule has 144 valence electrons. The number of ether oxygens (including phenoxy) is 1. The second-order valence-electron chi connectivity index (χ2n) is 7.14. The molecular weight excluding hydrogens is 351 g/mol. The minimum absolute atomic E-state index is 0.231. The molecule has 2 aliphatic rings. The first-order valence-electron chi connectivity index (χ1n) is 9.37. The number of halogens is 1. The van der Waals surface area contributed by atoms with Crippen LogP contribution in [-0.2, 0) is 4.79 Å². The van der Waals surface area contributed by atoms with Crippen LogP contribution in [0.1, 0.15) is 38.5 Å². The van der Waals surface area contributed by atoms with Crippen LogP contribution in [0.15, 0.2) is 22.7 Å². The van der Waals surface area contributed by atoms with E-state index in [-0.39, 0.29) is 6.04 Å². The Balaban J connectivity index is 1.36. The van der Waals surface area contributed by atoms with Gasteiger partial charge in [-0.05, 0) is 44.2 Å². The van der Waals surface area contributed by atoms with Gasteiger partial charge in [0.25, 0.3) is 0 Å². The van der Waals surface area contributed by atoms with E-state index in [0.29, 0.717) is 41.5 Å². The van der Waals surface area contributed by atoms with Crippen LogP contribution in [0.5, 0.6) is 5.75 Å². The summed E-state index contributed by atoms with van der Waals surface area (Å²) in [5, 5.41) is 7.20. The van der Waals surface area contributed by atoms with E-state index >= 15 is 0 Å². The van der Waals surface area contributed by atoms with Crippen molar-refractivity contribution in [3.05, 3.63) is 24.0 Å². The highest BCUT2D eigenvalue weighted by molar-refractivity contribution is 5.78. The smallest absolute Gasteiger partial charge is 0.322 e. The second kappa shape index (κ2) is 7.54. The molecule has 2 aromatic rings. The molecule has 7 nitrogen and oxygen atoms in total. The Morgan fingerprint density at radius 1 is 1.26 bits per heavy atom. The van der Waals surface area contributed by atoms with Gasteiger partial charge in [0.1, 0.15) is 11.6 Å². The van der Waals surface area contributed by atoms with Gasteiger partial charge in [0.05, 0.1) is 7.11 Å². The van der Waals surface area contributed by atoms with Gasteiger partial charge in [-0.3, -0.25) is 4.79 Å². The molecule has 1 saturated carbocycles. The van der Waals surface area contributed by atoms with Crippen molar-refractivity contribution in [1.29, 1.82) is 0 Å². The summed E-state index contributed by atoms with van der Waals surface area (Å²) in [6.07, 6.45) is 5.51. The van der Waals surface area contributed by atoms with Crippen LogP contribution >= 0.6 is 0 Å². The first kappa shape index (κ1) is 17.8. The summed E-state index contributed by atoms with van der Waals surface area (Å²) < 4.78 is 24.0. The third kappa shape index (κ3) is 3.89. The van der Waals surface area contributed by atoms with Gasteiger partial charge in [0.15, 0.2) is 0 Å². The fourth-order valence-electron chi connectivity index (χ4n) is 3.97. The Morgan fingerprint density at radius 3 is 2.78 bits per heavy atom. The number of benzene rings is 1. The Kier molecular flexibility index (Phi) is 4.96. The van der Waals surface area contributed by atoms with E-state index in [1.807, 2.05) is 4.90 Å². The van der Waals surface area contributed by atoms with Crippen LogP contribution in [0, 0.1) is 5.82 Å². The zero-order chi connectivity index (χ0) is 18.8. The third-order valence-corrected chi connectivity index (χ3v) is 5.37. The summed E-state index contributed by atoms with van der Waals surface area (Å²) in [6, 6.07) is 5.22. The van der Waals surface area contributed by atoms with Crippen molar-refractivity contribution in [2.45, 2.75) is 50.6 Å². The van der Waals surface area contributed by atoms with Crippen molar-refractivity contribution in [2.24, 2.45) is 0 Å². The molecule has 2 heterocycles. The highest BCUT2D eigenvalue weighted by Crippen LogP contribution is 2.29. The summed E-state index contributed by atoms with van der Waals surface area (Å²) in [5.74, 6) is 0.586. The lowest BCUT2D eigenvalue weighted by atomic mass is 9.90. The summed E-state index contributed by atoms with van der Waals surface area (Å²) in [5.41, 5.74) is 0.500. The summed E-state index contributed by atoms with van der Waals surface area (Å²) in [6.45, 7) is 0.895. The molecule has 2 fully saturated rings. The first-order valence-corrected chi connectivity index (χ1v) is 9.37. The van der Waals surface area contributed by atoms with Crippen LogP contribution in [0.3, 0.4) is 0 Å². The standard InChI is InChI=1S/C19H23FN4O3/c1-26-16-10-12(9-13(20)11-16)18-22-19(27-23-18)21-14-4-6-15(7-5-14)24-8-2-3-17(24)25/h9-11,14-15H,2-8H2,1H3,(H,21,22,23). The Bertz CT molecular complexity index is 817. The number of likely N-dealkylation sites (tertiary alicyclic amines) is 1. The lowest BCUT2D eigenvalue weighted by Gasteiger charge is -2.34. The normalized spacial score (nSPS) is 22.9. The van der Waals surface area contributed by atoms with E-state index in [1.54, 1.807) is 6.07 Å². The molecular formula is C19H23FN4O3. The van der Waals surface area contributed by atoms with Gasteiger partial charge in [-0.25, -0.2) is 4.39 Å². The average Bonchev–Trinajstić information content (AvgIpc) is 3.31.